The molecule has 1 amide bonds. The Hall–Kier alpha value is -3.45. The van der Waals surface area contributed by atoms with Crippen molar-refractivity contribution in [2.24, 2.45) is 0 Å². The lowest BCUT2D eigenvalue weighted by Crippen LogP contribution is -2.36. The zero-order valence-corrected chi connectivity index (χ0v) is 16.3. The summed E-state index contributed by atoms with van der Waals surface area (Å²) < 4.78 is 7.28. The molecule has 7 nitrogen and oxygen atoms in total. The number of fused-ring (bicyclic) bond motifs is 2. The van der Waals surface area contributed by atoms with Crippen LogP contribution in [0.25, 0.3) is 21.9 Å². The molecule has 1 aliphatic heterocycles. The SMILES string of the molecule is O=C(c1cc2ccccc2o1)N1CCCC1c1nc2ccccc2c(=O)n1CCO. The highest BCUT2D eigenvalue weighted by atomic mass is 16.3. The molecule has 1 N–H and O–H groups in total. The largest absolute Gasteiger partial charge is 0.451 e. The van der Waals surface area contributed by atoms with Crippen LogP contribution in [0.5, 0.6) is 0 Å². The van der Waals surface area contributed by atoms with Gasteiger partial charge in [-0.05, 0) is 37.1 Å². The molecule has 0 saturated carbocycles. The monoisotopic (exact) mass is 403 g/mol. The first-order valence-electron chi connectivity index (χ1n) is 10.1. The van der Waals surface area contributed by atoms with Crippen molar-refractivity contribution in [2.75, 3.05) is 13.2 Å². The Morgan fingerprint density at radius 3 is 2.80 bits per heavy atom. The Morgan fingerprint density at radius 2 is 1.97 bits per heavy atom. The summed E-state index contributed by atoms with van der Waals surface area (Å²) in [5, 5.41) is 10.9. The van der Waals surface area contributed by atoms with Crippen LogP contribution < -0.4 is 5.56 Å². The Kier molecular flexibility index (Phi) is 4.59. The second-order valence-corrected chi connectivity index (χ2v) is 7.47. The first kappa shape index (κ1) is 18.6. The zero-order chi connectivity index (χ0) is 20.7. The molecule has 1 saturated heterocycles. The molecular formula is C23H21N3O4. The van der Waals surface area contributed by atoms with Crippen molar-refractivity contribution in [1.29, 1.82) is 0 Å². The third-order valence-corrected chi connectivity index (χ3v) is 5.66. The third kappa shape index (κ3) is 2.98. The number of aliphatic hydroxyl groups excluding tert-OH is 1. The van der Waals surface area contributed by atoms with Gasteiger partial charge in [0.2, 0.25) is 0 Å². The fourth-order valence-corrected chi connectivity index (χ4v) is 4.26. The van der Waals surface area contributed by atoms with Crippen molar-refractivity contribution >= 4 is 27.8 Å². The molecule has 4 aromatic rings. The fraction of sp³-hybridized carbons (Fsp3) is 0.261. The number of hydrogen-bond acceptors (Lipinski definition) is 5. The summed E-state index contributed by atoms with van der Waals surface area (Å²) in [6.07, 6.45) is 1.50. The van der Waals surface area contributed by atoms with Gasteiger partial charge in [0.1, 0.15) is 11.4 Å². The lowest BCUT2D eigenvalue weighted by molar-refractivity contribution is 0.0696. The van der Waals surface area contributed by atoms with E-state index in [9.17, 15) is 14.7 Å². The molecular weight excluding hydrogens is 382 g/mol. The van der Waals surface area contributed by atoms with Gasteiger partial charge in [-0.25, -0.2) is 4.98 Å². The Morgan fingerprint density at radius 1 is 1.17 bits per heavy atom. The van der Waals surface area contributed by atoms with Crippen LogP contribution in [0.2, 0.25) is 0 Å². The number of furan rings is 1. The molecule has 1 unspecified atom stereocenters. The van der Waals surface area contributed by atoms with E-state index in [4.69, 9.17) is 9.40 Å². The molecule has 152 valence electrons. The Bertz CT molecular complexity index is 1270. The highest BCUT2D eigenvalue weighted by Gasteiger charge is 2.35. The molecule has 1 fully saturated rings. The van der Waals surface area contributed by atoms with Crippen LogP contribution in [0.4, 0.5) is 0 Å². The van der Waals surface area contributed by atoms with Gasteiger partial charge in [-0.3, -0.25) is 14.2 Å². The molecule has 30 heavy (non-hydrogen) atoms. The van der Waals surface area contributed by atoms with E-state index in [2.05, 4.69) is 0 Å². The maximum Gasteiger partial charge on any atom is 0.290 e. The first-order valence-corrected chi connectivity index (χ1v) is 10.1. The number of aliphatic hydroxyl groups is 1. The lowest BCUT2D eigenvalue weighted by Gasteiger charge is -2.26. The van der Waals surface area contributed by atoms with E-state index < -0.39 is 0 Å². The van der Waals surface area contributed by atoms with Gasteiger partial charge in [0, 0.05) is 11.9 Å². The van der Waals surface area contributed by atoms with Gasteiger partial charge in [-0.15, -0.1) is 0 Å². The van der Waals surface area contributed by atoms with Gasteiger partial charge < -0.3 is 14.4 Å². The first-order chi connectivity index (χ1) is 14.7. The number of para-hydroxylation sites is 2. The quantitative estimate of drug-likeness (QED) is 0.566. The third-order valence-electron chi connectivity index (χ3n) is 5.66. The Balaban J connectivity index is 1.59. The van der Waals surface area contributed by atoms with Crippen molar-refractivity contribution in [1.82, 2.24) is 14.5 Å². The molecule has 1 aliphatic rings. The maximum atomic E-state index is 13.3. The molecule has 7 heteroatoms. The number of amides is 1. The number of hydrogen-bond donors (Lipinski definition) is 1. The van der Waals surface area contributed by atoms with E-state index >= 15 is 0 Å². The van der Waals surface area contributed by atoms with Crippen LogP contribution in [-0.2, 0) is 6.54 Å². The zero-order valence-electron chi connectivity index (χ0n) is 16.3. The summed E-state index contributed by atoms with van der Waals surface area (Å²) in [7, 11) is 0. The maximum absolute atomic E-state index is 13.3. The normalized spacial score (nSPS) is 16.6. The second kappa shape index (κ2) is 7.42. The number of carbonyl (C=O) groups is 1. The number of likely N-dealkylation sites (tertiary alicyclic amines) is 1. The summed E-state index contributed by atoms with van der Waals surface area (Å²) in [6.45, 7) is 0.509. The highest BCUT2D eigenvalue weighted by Crippen LogP contribution is 2.33. The van der Waals surface area contributed by atoms with E-state index in [-0.39, 0.29) is 36.4 Å². The standard InChI is InChI=1S/C23H21N3O4/c27-13-12-26-21(24-17-8-3-2-7-16(17)22(26)28)18-9-5-11-25(18)23(29)20-14-15-6-1-4-10-19(15)30-20/h1-4,6-8,10,14,18,27H,5,9,11-13H2. The topological polar surface area (TPSA) is 88.6 Å². The van der Waals surface area contributed by atoms with Gasteiger partial charge >= 0.3 is 0 Å². The van der Waals surface area contributed by atoms with Gasteiger partial charge in [0.15, 0.2) is 5.76 Å². The van der Waals surface area contributed by atoms with E-state index in [1.165, 1.54) is 4.57 Å². The van der Waals surface area contributed by atoms with E-state index in [0.29, 0.717) is 35.3 Å². The van der Waals surface area contributed by atoms with Crippen molar-refractivity contribution in [3.05, 3.63) is 76.5 Å². The van der Waals surface area contributed by atoms with E-state index in [0.717, 1.165) is 11.8 Å². The average Bonchev–Trinajstić information content (AvgIpc) is 3.42. The van der Waals surface area contributed by atoms with Crippen molar-refractivity contribution in [2.45, 2.75) is 25.4 Å². The molecule has 5 rings (SSSR count). The number of rotatable bonds is 4. The van der Waals surface area contributed by atoms with Crippen molar-refractivity contribution in [3.8, 4) is 0 Å². The molecule has 2 aromatic heterocycles. The summed E-state index contributed by atoms with van der Waals surface area (Å²) in [4.78, 5) is 32.8. The van der Waals surface area contributed by atoms with E-state index in [1.54, 1.807) is 29.2 Å². The molecule has 0 radical (unpaired) electrons. The molecule has 1 atom stereocenters. The number of nitrogens with zero attached hydrogens (tertiary/aromatic N) is 3. The second-order valence-electron chi connectivity index (χ2n) is 7.47. The highest BCUT2D eigenvalue weighted by molar-refractivity contribution is 5.96. The fourth-order valence-electron chi connectivity index (χ4n) is 4.26. The van der Waals surface area contributed by atoms with Crippen LogP contribution in [0.15, 0.2) is 63.8 Å². The van der Waals surface area contributed by atoms with Gasteiger partial charge in [0.05, 0.1) is 30.1 Å². The molecule has 0 spiro atoms. The summed E-state index contributed by atoms with van der Waals surface area (Å²) in [5.41, 5.74) is 1.06. The summed E-state index contributed by atoms with van der Waals surface area (Å²) in [5.74, 6) is 0.571. The van der Waals surface area contributed by atoms with Gasteiger partial charge in [-0.2, -0.15) is 0 Å². The predicted molar refractivity (Wildman–Crippen MR) is 112 cm³/mol. The molecule has 0 bridgehead atoms. The summed E-state index contributed by atoms with van der Waals surface area (Å²) in [6, 6.07) is 16.1. The number of aromatic nitrogens is 2. The van der Waals surface area contributed by atoms with Crippen LogP contribution in [0.3, 0.4) is 0 Å². The van der Waals surface area contributed by atoms with Crippen LogP contribution in [-0.4, -0.2) is 38.6 Å². The number of carbonyl (C=O) groups excluding carboxylic acids is 1. The molecule has 0 aliphatic carbocycles. The minimum Gasteiger partial charge on any atom is -0.451 e. The minimum absolute atomic E-state index is 0.134. The smallest absolute Gasteiger partial charge is 0.290 e. The van der Waals surface area contributed by atoms with Gasteiger partial charge in [-0.1, -0.05) is 30.3 Å². The van der Waals surface area contributed by atoms with Crippen molar-refractivity contribution < 1.29 is 14.3 Å². The van der Waals surface area contributed by atoms with Crippen molar-refractivity contribution in [3.63, 3.8) is 0 Å². The predicted octanol–water partition coefficient (Wildman–Crippen LogP) is 3.11. The lowest BCUT2D eigenvalue weighted by atomic mass is 10.1. The van der Waals surface area contributed by atoms with Crippen LogP contribution >= 0.6 is 0 Å². The summed E-state index contributed by atoms with van der Waals surface area (Å²) >= 11 is 0. The Labute approximate surface area is 172 Å². The van der Waals surface area contributed by atoms with Crippen LogP contribution in [0, 0.1) is 0 Å². The van der Waals surface area contributed by atoms with Gasteiger partial charge in [0.25, 0.3) is 11.5 Å². The minimum atomic E-state index is -0.352. The van der Waals surface area contributed by atoms with Crippen LogP contribution in [0.1, 0.15) is 35.3 Å². The average molecular weight is 403 g/mol. The number of benzene rings is 2. The molecule has 2 aromatic carbocycles. The van der Waals surface area contributed by atoms with E-state index in [1.807, 2.05) is 30.3 Å². The molecule has 3 heterocycles.